The standard InChI is InChI=1S/C5H4N4O4/c10-3-1-2(7-4(11)8-3)9(13)5(12)6-1/h13H,(H,6,12)(H2,7,8,10,11). The Kier molecular flexibility index (Phi) is 1.21. The van der Waals surface area contributed by atoms with Gasteiger partial charge >= 0.3 is 11.4 Å². The van der Waals surface area contributed by atoms with E-state index < -0.39 is 16.9 Å². The monoisotopic (exact) mass is 184 g/mol. The Bertz CT molecular complexity index is 626. The molecular weight excluding hydrogens is 180 g/mol. The minimum Gasteiger partial charge on any atom is -0.422 e. The van der Waals surface area contributed by atoms with Crippen molar-refractivity contribution in [3.05, 3.63) is 31.3 Å². The van der Waals surface area contributed by atoms with E-state index in [4.69, 9.17) is 5.21 Å². The highest BCUT2D eigenvalue weighted by atomic mass is 16.5. The van der Waals surface area contributed by atoms with Gasteiger partial charge in [0.2, 0.25) is 0 Å². The Morgan fingerprint density at radius 1 is 1.08 bits per heavy atom. The number of aromatic amines is 3. The summed E-state index contributed by atoms with van der Waals surface area (Å²) in [6.07, 6.45) is 0. The van der Waals surface area contributed by atoms with Gasteiger partial charge in [0.15, 0.2) is 11.2 Å². The number of nitrogens with one attached hydrogen (secondary N) is 3. The van der Waals surface area contributed by atoms with Crippen molar-refractivity contribution in [2.24, 2.45) is 0 Å². The van der Waals surface area contributed by atoms with Gasteiger partial charge < -0.3 is 5.21 Å². The fraction of sp³-hybridized carbons (Fsp3) is 0. The molecule has 0 saturated heterocycles. The first-order valence-electron chi connectivity index (χ1n) is 3.26. The number of hydrogen-bond donors (Lipinski definition) is 4. The molecule has 0 aliphatic heterocycles. The van der Waals surface area contributed by atoms with Gasteiger partial charge in [0.05, 0.1) is 0 Å². The van der Waals surface area contributed by atoms with E-state index in [1.54, 1.807) is 0 Å². The molecule has 13 heavy (non-hydrogen) atoms. The largest absolute Gasteiger partial charge is 0.422 e. The molecule has 2 aromatic heterocycles. The first-order valence-corrected chi connectivity index (χ1v) is 3.26. The lowest BCUT2D eigenvalue weighted by Gasteiger charge is -1.88. The third kappa shape index (κ3) is 0.883. The van der Waals surface area contributed by atoms with Crippen LogP contribution in [0.25, 0.3) is 11.2 Å². The van der Waals surface area contributed by atoms with Gasteiger partial charge in [0, 0.05) is 0 Å². The fourth-order valence-electron chi connectivity index (χ4n) is 1.01. The number of aromatic nitrogens is 4. The van der Waals surface area contributed by atoms with Crippen molar-refractivity contribution >= 4 is 11.2 Å². The lowest BCUT2D eigenvalue weighted by Crippen LogP contribution is -2.22. The van der Waals surface area contributed by atoms with Crippen LogP contribution in [0.15, 0.2) is 14.4 Å². The summed E-state index contributed by atoms with van der Waals surface area (Å²) in [5, 5.41) is 9.00. The van der Waals surface area contributed by atoms with Crippen molar-refractivity contribution in [3.63, 3.8) is 0 Å². The number of hydrogen-bond acceptors (Lipinski definition) is 4. The second-order valence-corrected chi connectivity index (χ2v) is 2.37. The topological polar surface area (TPSA) is 124 Å². The summed E-state index contributed by atoms with van der Waals surface area (Å²) in [6, 6.07) is 0. The molecule has 68 valence electrons. The van der Waals surface area contributed by atoms with Crippen molar-refractivity contribution in [1.82, 2.24) is 19.7 Å². The van der Waals surface area contributed by atoms with Gasteiger partial charge in [0.25, 0.3) is 5.56 Å². The van der Waals surface area contributed by atoms with Gasteiger partial charge in [-0.25, -0.2) is 9.59 Å². The second-order valence-electron chi connectivity index (χ2n) is 2.37. The lowest BCUT2D eigenvalue weighted by molar-refractivity contribution is 0.186. The molecule has 2 aromatic rings. The van der Waals surface area contributed by atoms with Crippen LogP contribution in [0, 0.1) is 0 Å². The number of imidazole rings is 1. The first-order chi connectivity index (χ1) is 6.09. The summed E-state index contributed by atoms with van der Waals surface area (Å²) in [6.45, 7) is 0. The van der Waals surface area contributed by atoms with Crippen LogP contribution < -0.4 is 16.9 Å². The summed E-state index contributed by atoms with van der Waals surface area (Å²) < 4.78 is 0.159. The molecule has 0 spiro atoms. The van der Waals surface area contributed by atoms with Crippen LogP contribution in [0.5, 0.6) is 0 Å². The van der Waals surface area contributed by atoms with Gasteiger partial charge in [0.1, 0.15) is 0 Å². The van der Waals surface area contributed by atoms with Crippen LogP contribution in [0.1, 0.15) is 0 Å². The lowest BCUT2D eigenvalue weighted by atomic mass is 10.5. The van der Waals surface area contributed by atoms with Gasteiger partial charge in [-0.15, -0.1) is 4.73 Å². The van der Waals surface area contributed by atoms with Crippen LogP contribution in [-0.2, 0) is 0 Å². The number of rotatable bonds is 0. The number of fused-ring (bicyclic) bond motifs is 1. The average molecular weight is 184 g/mol. The van der Waals surface area contributed by atoms with E-state index in [9.17, 15) is 14.4 Å². The maximum atomic E-state index is 11.0. The van der Waals surface area contributed by atoms with Gasteiger partial charge in [-0.1, -0.05) is 0 Å². The minimum atomic E-state index is -0.887. The normalized spacial score (nSPS) is 10.8. The zero-order valence-corrected chi connectivity index (χ0v) is 6.12. The Labute approximate surface area is 68.4 Å². The van der Waals surface area contributed by atoms with E-state index >= 15 is 0 Å². The Hall–Kier alpha value is -2.25. The highest BCUT2D eigenvalue weighted by molar-refractivity contribution is 5.68. The highest BCUT2D eigenvalue weighted by Gasteiger charge is 2.08. The van der Waals surface area contributed by atoms with Crippen LogP contribution in [0.4, 0.5) is 0 Å². The zero-order chi connectivity index (χ0) is 9.59. The van der Waals surface area contributed by atoms with Crippen LogP contribution >= 0.6 is 0 Å². The Morgan fingerprint density at radius 2 is 1.77 bits per heavy atom. The Balaban J connectivity index is 3.22. The van der Waals surface area contributed by atoms with Crippen LogP contribution in [0.2, 0.25) is 0 Å². The minimum absolute atomic E-state index is 0.159. The molecule has 8 nitrogen and oxygen atoms in total. The Morgan fingerprint density at radius 3 is 2.46 bits per heavy atom. The maximum Gasteiger partial charge on any atom is 0.360 e. The third-order valence-electron chi connectivity index (χ3n) is 1.56. The van der Waals surface area contributed by atoms with Crippen molar-refractivity contribution in [1.29, 1.82) is 0 Å². The summed E-state index contributed by atoms with van der Waals surface area (Å²) in [5.74, 6) is 0. The summed E-state index contributed by atoms with van der Waals surface area (Å²) in [4.78, 5) is 38.5. The smallest absolute Gasteiger partial charge is 0.360 e. The molecule has 0 atom stereocenters. The number of nitrogens with zero attached hydrogens (tertiary/aromatic N) is 1. The van der Waals surface area contributed by atoms with Crippen LogP contribution in [-0.4, -0.2) is 24.9 Å². The molecule has 0 amide bonds. The van der Waals surface area contributed by atoms with Gasteiger partial charge in [-0.05, 0) is 0 Å². The maximum absolute atomic E-state index is 11.0. The summed E-state index contributed by atoms with van der Waals surface area (Å²) in [5.41, 5.74) is -2.86. The molecule has 0 aliphatic rings. The van der Waals surface area contributed by atoms with E-state index in [1.165, 1.54) is 0 Å². The van der Waals surface area contributed by atoms with Crippen molar-refractivity contribution in [2.75, 3.05) is 0 Å². The van der Waals surface area contributed by atoms with E-state index in [0.29, 0.717) is 0 Å². The van der Waals surface area contributed by atoms with E-state index in [-0.39, 0.29) is 15.9 Å². The molecule has 8 heteroatoms. The molecule has 0 bridgehead atoms. The predicted molar refractivity (Wildman–Crippen MR) is 41.0 cm³/mol. The first kappa shape index (κ1) is 7.40. The molecule has 2 rings (SSSR count). The van der Waals surface area contributed by atoms with Crippen molar-refractivity contribution in [3.8, 4) is 0 Å². The zero-order valence-electron chi connectivity index (χ0n) is 6.12. The van der Waals surface area contributed by atoms with Gasteiger partial charge in [-0.2, -0.15) is 0 Å². The SMILES string of the molecule is O=c1[nH]c(=O)c2[nH]c(=O)n(O)c2[nH]1. The molecule has 0 unspecified atom stereocenters. The molecule has 0 aliphatic carbocycles. The molecule has 4 N–H and O–H groups in total. The highest BCUT2D eigenvalue weighted by Crippen LogP contribution is 1.93. The average Bonchev–Trinajstić information content (AvgIpc) is 2.32. The molecule has 0 radical (unpaired) electrons. The van der Waals surface area contributed by atoms with Crippen molar-refractivity contribution < 1.29 is 5.21 Å². The van der Waals surface area contributed by atoms with Crippen molar-refractivity contribution in [2.45, 2.75) is 0 Å². The third-order valence-corrected chi connectivity index (χ3v) is 1.56. The molecule has 2 heterocycles. The quantitative estimate of drug-likeness (QED) is 0.351. The molecule has 0 fully saturated rings. The predicted octanol–water partition coefficient (Wildman–Crippen LogP) is -2.06. The summed E-state index contributed by atoms with van der Waals surface area (Å²) in [7, 11) is 0. The number of H-pyrrole nitrogens is 3. The van der Waals surface area contributed by atoms with E-state index in [2.05, 4.69) is 9.97 Å². The van der Waals surface area contributed by atoms with Gasteiger partial charge in [-0.3, -0.25) is 19.7 Å². The van der Waals surface area contributed by atoms with Crippen LogP contribution in [0.3, 0.4) is 0 Å². The fourth-order valence-corrected chi connectivity index (χ4v) is 1.01. The molecule has 0 aromatic carbocycles. The molecular formula is C5H4N4O4. The second kappa shape index (κ2) is 2.12. The summed E-state index contributed by atoms with van der Waals surface area (Å²) >= 11 is 0. The van der Waals surface area contributed by atoms with E-state index in [0.717, 1.165) is 0 Å². The molecule has 0 saturated carbocycles. The van der Waals surface area contributed by atoms with E-state index in [1.807, 2.05) is 4.98 Å².